The lowest BCUT2D eigenvalue weighted by atomic mass is 10.1. The summed E-state index contributed by atoms with van der Waals surface area (Å²) < 4.78 is 11.3. The number of nitrogens with zero attached hydrogens (tertiary/aromatic N) is 1. The highest BCUT2D eigenvalue weighted by Crippen LogP contribution is 2.15. The molecule has 0 atom stereocenters. The molecular formula is C21H27N3O2. The molecule has 5 nitrogen and oxygen atoms in total. The van der Waals surface area contributed by atoms with E-state index in [1.807, 2.05) is 30.3 Å². The van der Waals surface area contributed by atoms with Gasteiger partial charge in [-0.3, -0.25) is 0 Å². The van der Waals surface area contributed by atoms with E-state index in [-0.39, 0.29) is 0 Å². The van der Waals surface area contributed by atoms with Crippen molar-refractivity contribution in [2.24, 2.45) is 10.7 Å². The smallest absolute Gasteiger partial charge is 0.193 e. The zero-order valence-corrected chi connectivity index (χ0v) is 15.3. The summed E-state index contributed by atoms with van der Waals surface area (Å²) in [5.41, 5.74) is 10.4. The molecular weight excluding hydrogens is 326 g/mol. The van der Waals surface area contributed by atoms with Crippen LogP contribution in [0.4, 0.5) is 5.69 Å². The number of rotatable bonds is 6. The van der Waals surface area contributed by atoms with Crippen LogP contribution in [0.2, 0.25) is 0 Å². The average Bonchev–Trinajstić information content (AvgIpc) is 2.68. The van der Waals surface area contributed by atoms with Crippen molar-refractivity contribution in [2.75, 3.05) is 18.5 Å². The van der Waals surface area contributed by atoms with E-state index in [1.165, 1.54) is 5.56 Å². The van der Waals surface area contributed by atoms with Gasteiger partial charge in [-0.25, -0.2) is 4.99 Å². The minimum atomic E-state index is 0.305. The number of nitrogens with two attached hydrogens (primary N) is 1. The van der Waals surface area contributed by atoms with Gasteiger partial charge in [-0.2, -0.15) is 0 Å². The van der Waals surface area contributed by atoms with E-state index in [1.54, 1.807) is 0 Å². The molecule has 138 valence electrons. The number of nitrogens with one attached hydrogen (secondary N) is 1. The van der Waals surface area contributed by atoms with E-state index in [0.29, 0.717) is 25.2 Å². The first-order chi connectivity index (χ1) is 12.7. The summed E-state index contributed by atoms with van der Waals surface area (Å²) >= 11 is 0. The fourth-order valence-corrected chi connectivity index (χ4v) is 2.88. The molecule has 2 aromatic carbocycles. The summed E-state index contributed by atoms with van der Waals surface area (Å²) in [4.78, 5) is 4.43. The van der Waals surface area contributed by atoms with E-state index in [4.69, 9.17) is 15.2 Å². The van der Waals surface area contributed by atoms with E-state index in [0.717, 1.165) is 42.9 Å². The molecule has 1 aliphatic rings. The molecule has 3 rings (SSSR count). The minimum Gasteiger partial charge on any atom is -0.381 e. The van der Waals surface area contributed by atoms with Crippen LogP contribution in [0.25, 0.3) is 0 Å². The first-order valence-corrected chi connectivity index (χ1v) is 9.10. The first-order valence-electron chi connectivity index (χ1n) is 9.10. The predicted molar refractivity (Wildman–Crippen MR) is 105 cm³/mol. The Bertz CT molecular complexity index is 722. The summed E-state index contributed by atoms with van der Waals surface area (Å²) in [6.45, 7) is 4.81. The van der Waals surface area contributed by atoms with Gasteiger partial charge in [0.1, 0.15) is 0 Å². The number of guanidine groups is 1. The highest BCUT2D eigenvalue weighted by Gasteiger charge is 2.13. The fraction of sp³-hybridized carbons (Fsp3) is 0.381. The molecule has 1 fully saturated rings. The Morgan fingerprint density at radius 3 is 2.65 bits per heavy atom. The molecule has 0 bridgehead atoms. The van der Waals surface area contributed by atoms with Gasteiger partial charge in [0, 0.05) is 18.9 Å². The second-order valence-corrected chi connectivity index (χ2v) is 6.64. The van der Waals surface area contributed by atoms with Crippen LogP contribution in [0.1, 0.15) is 29.5 Å². The number of hydrogen-bond acceptors (Lipinski definition) is 3. The lowest BCUT2D eigenvalue weighted by Crippen LogP contribution is -2.23. The van der Waals surface area contributed by atoms with Gasteiger partial charge in [0.2, 0.25) is 0 Å². The highest BCUT2D eigenvalue weighted by atomic mass is 16.5. The van der Waals surface area contributed by atoms with Crippen molar-refractivity contribution in [3.8, 4) is 0 Å². The zero-order valence-electron chi connectivity index (χ0n) is 15.3. The number of anilines is 1. The van der Waals surface area contributed by atoms with Crippen LogP contribution in [0, 0.1) is 6.92 Å². The van der Waals surface area contributed by atoms with Crippen molar-refractivity contribution in [1.29, 1.82) is 0 Å². The Morgan fingerprint density at radius 2 is 1.88 bits per heavy atom. The SMILES string of the molecule is Cc1ccc(NC(N)=NCc2cccc(COC3CCOCC3)c2)cc1. The molecule has 0 amide bonds. The Morgan fingerprint density at radius 1 is 1.15 bits per heavy atom. The molecule has 1 aliphatic heterocycles. The van der Waals surface area contributed by atoms with Crippen molar-refractivity contribution in [3.05, 3.63) is 65.2 Å². The minimum absolute atomic E-state index is 0.305. The molecule has 0 aliphatic carbocycles. The van der Waals surface area contributed by atoms with Crippen LogP contribution < -0.4 is 11.1 Å². The third-order valence-electron chi connectivity index (χ3n) is 4.40. The van der Waals surface area contributed by atoms with Gasteiger partial charge in [0.25, 0.3) is 0 Å². The predicted octanol–water partition coefficient (Wildman–Crippen LogP) is 3.62. The summed E-state index contributed by atoms with van der Waals surface area (Å²) in [6, 6.07) is 16.4. The van der Waals surface area contributed by atoms with Gasteiger partial charge >= 0.3 is 0 Å². The van der Waals surface area contributed by atoms with Crippen LogP contribution in [-0.2, 0) is 22.6 Å². The van der Waals surface area contributed by atoms with Gasteiger partial charge < -0.3 is 20.5 Å². The maximum absolute atomic E-state index is 5.99. The number of ether oxygens (including phenoxy) is 2. The summed E-state index contributed by atoms with van der Waals surface area (Å²) in [6.07, 6.45) is 2.26. The molecule has 0 aromatic heterocycles. The van der Waals surface area contributed by atoms with E-state index in [2.05, 4.69) is 35.4 Å². The second-order valence-electron chi connectivity index (χ2n) is 6.64. The molecule has 1 heterocycles. The first kappa shape index (κ1) is 18.4. The van der Waals surface area contributed by atoms with Crippen LogP contribution in [-0.4, -0.2) is 25.3 Å². The van der Waals surface area contributed by atoms with Crippen molar-refractivity contribution in [2.45, 2.75) is 39.0 Å². The largest absolute Gasteiger partial charge is 0.381 e. The number of hydrogen-bond donors (Lipinski definition) is 2. The third kappa shape index (κ3) is 5.86. The fourth-order valence-electron chi connectivity index (χ4n) is 2.88. The van der Waals surface area contributed by atoms with Crippen molar-refractivity contribution >= 4 is 11.6 Å². The standard InChI is InChI=1S/C21H27N3O2/c1-16-5-7-19(8-6-16)24-21(22)23-14-17-3-2-4-18(13-17)15-26-20-9-11-25-12-10-20/h2-8,13,20H,9-12,14-15H2,1H3,(H3,22,23,24). The topological polar surface area (TPSA) is 68.9 Å². The Hall–Kier alpha value is -2.37. The molecule has 0 spiro atoms. The Labute approximate surface area is 155 Å². The Balaban J connectivity index is 1.51. The summed E-state index contributed by atoms with van der Waals surface area (Å²) in [5.74, 6) is 0.415. The zero-order chi connectivity index (χ0) is 18.2. The van der Waals surface area contributed by atoms with E-state index in [9.17, 15) is 0 Å². The maximum atomic E-state index is 5.99. The van der Waals surface area contributed by atoms with Gasteiger partial charge in [-0.1, -0.05) is 42.0 Å². The molecule has 3 N–H and O–H groups in total. The molecule has 0 saturated carbocycles. The van der Waals surface area contributed by atoms with Gasteiger partial charge in [-0.05, 0) is 43.0 Å². The van der Waals surface area contributed by atoms with Crippen LogP contribution in [0.15, 0.2) is 53.5 Å². The average molecular weight is 353 g/mol. The normalized spacial score (nSPS) is 15.8. The van der Waals surface area contributed by atoms with Crippen LogP contribution >= 0.6 is 0 Å². The molecule has 2 aromatic rings. The number of aliphatic imine (C=N–C) groups is 1. The lowest BCUT2D eigenvalue weighted by molar-refractivity contribution is -0.0390. The van der Waals surface area contributed by atoms with Gasteiger partial charge in [0.15, 0.2) is 5.96 Å². The monoisotopic (exact) mass is 353 g/mol. The van der Waals surface area contributed by atoms with Crippen LogP contribution in [0.5, 0.6) is 0 Å². The van der Waals surface area contributed by atoms with Crippen LogP contribution in [0.3, 0.4) is 0 Å². The molecule has 1 saturated heterocycles. The van der Waals surface area contributed by atoms with Gasteiger partial charge in [0.05, 0.1) is 19.3 Å². The molecule has 0 unspecified atom stereocenters. The summed E-state index contributed by atoms with van der Waals surface area (Å²) in [5, 5.41) is 3.11. The third-order valence-corrected chi connectivity index (χ3v) is 4.40. The van der Waals surface area contributed by atoms with Crippen molar-refractivity contribution < 1.29 is 9.47 Å². The van der Waals surface area contributed by atoms with Gasteiger partial charge in [-0.15, -0.1) is 0 Å². The number of aryl methyl sites for hydroxylation is 1. The molecule has 0 radical (unpaired) electrons. The summed E-state index contributed by atoms with van der Waals surface area (Å²) in [7, 11) is 0. The van der Waals surface area contributed by atoms with E-state index >= 15 is 0 Å². The van der Waals surface area contributed by atoms with E-state index < -0.39 is 0 Å². The lowest BCUT2D eigenvalue weighted by Gasteiger charge is -2.22. The highest BCUT2D eigenvalue weighted by molar-refractivity contribution is 5.92. The molecule has 26 heavy (non-hydrogen) atoms. The van der Waals surface area contributed by atoms with Crippen molar-refractivity contribution in [3.63, 3.8) is 0 Å². The Kier molecular flexibility index (Phi) is 6.63. The second kappa shape index (κ2) is 9.36. The quantitative estimate of drug-likeness (QED) is 0.615. The molecule has 5 heteroatoms. The maximum Gasteiger partial charge on any atom is 0.193 e. The number of benzene rings is 2. The van der Waals surface area contributed by atoms with Crippen molar-refractivity contribution in [1.82, 2.24) is 0 Å².